The molecular weight excluding hydrogens is 410 g/mol. The number of aryl methyl sites for hydroxylation is 1. The fourth-order valence-electron chi connectivity index (χ4n) is 2.70. The molecule has 2 aromatic rings. The van der Waals surface area contributed by atoms with Gasteiger partial charge in [0.2, 0.25) is 10.0 Å². The van der Waals surface area contributed by atoms with Crippen molar-refractivity contribution < 1.29 is 8.42 Å². The van der Waals surface area contributed by atoms with E-state index in [0.29, 0.717) is 18.0 Å². The third-order valence-electron chi connectivity index (χ3n) is 4.07. The fourth-order valence-corrected chi connectivity index (χ4v) is 5.12. The van der Waals surface area contributed by atoms with Crippen molar-refractivity contribution in [3.05, 3.63) is 44.8 Å². The molecule has 1 aromatic heterocycles. The topological polar surface area (TPSA) is 53.5 Å². The van der Waals surface area contributed by atoms with Crippen LogP contribution in [0.1, 0.15) is 17.6 Å². The molecule has 0 bridgehead atoms. The monoisotopic (exact) mass is 429 g/mol. The zero-order valence-electron chi connectivity index (χ0n) is 13.5. The maximum absolute atomic E-state index is 12.7. The van der Waals surface area contributed by atoms with Gasteiger partial charge >= 0.3 is 0 Å². The molecule has 0 spiro atoms. The Bertz CT molecular complexity index is 782. The van der Waals surface area contributed by atoms with E-state index in [1.807, 2.05) is 0 Å². The summed E-state index contributed by atoms with van der Waals surface area (Å²) in [6, 6.07) is 6.81. The van der Waals surface area contributed by atoms with Crippen LogP contribution in [-0.4, -0.2) is 48.8 Å². The van der Waals surface area contributed by atoms with Gasteiger partial charge < -0.3 is 0 Å². The molecule has 5 nitrogen and oxygen atoms in total. The molecule has 1 aliphatic heterocycles. The van der Waals surface area contributed by atoms with E-state index in [4.69, 9.17) is 0 Å². The number of benzene rings is 1. The van der Waals surface area contributed by atoms with Crippen molar-refractivity contribution in [2.24, 2.45) is 0 Å². The summed E-state index contributed by atoms with van der Waals surface area (Å²) in [4.78, 5) is 7.21. The van der Waals surface area contributed by atoms with Gasteiger partial charge in [-0.3, -0.25) is 4.90 Å². The Labute approximate surface area is 155 Å². The maximum Gasteiger partial charge on any atom is 0.243 e. The van der Waals surface area contributed by atoms with Gasteiger partial charge in [0.05, 0.1) is 15.6 Å². The SMILES string of the molecule is CCc1nc(CN2CCN(S(=O)(=O)c3ccc(Br)cc3)CC2)cs1. The van der Waals surface area contributed by atoms with Crippen molar-refractivity contribution in [2.45, 2.75) is 24.8 Å². The van der Waals surface area contributed by atoms with Gasteiger partial charge in [-0.05, 0) is 30.7 Å². The molecule has 8 heteroatoms. The summed E-state index contributed by atoms with van der Waals surface area (Å²) in [5.41, 5.74) is 1.08. The lowest BCUT2D eigenvalue weighted by Gasteiger charge is -2.33. The molecule has 130 valence electrons. The minimum Gasteiger partial charge on any atom is -0.295 e. The highest BCUT2D eigenvalue weighted by molar-refractivity contribution is 9.10. The second-order valence-corrected chi connectivity index (χ2v) is 9.52. The summed E-state index contributed by atoms with van der Waals surface area (Å²) in [5.74, 6) is 0. The largest absolute Gasteiger partial charge is 0.295 e. The second-order valence-electron chi connectivity index (χ2n) is 5.72. The van der Waals surface area contributed by atoms with Gasteiger partial charge in [-0.2, -0.15) is 4.31 Å². The van der Waals surface area contributed by atoms with Gasteiger partial charge in [0.15, 0.2) is 0 Å². The molecule has 0 N–H and O–H groups in total. The van der Waals surface area contributed by atoms with Crippen molar-refractivity contribution >= 4 is 37.3 Å². The standard InChI is InChI=1S/C16H20BrN3O2S2/c1-2-16-18-14(12-23-16)11-19-7-9-20(10-8-19)24(21,22)15-5-3-13(17)4-6-15/h3-6,12H,2,7-11H2,1H3. The number of hydrogen-bond donors (Lipinski definition) is 0. The van der Waals surface area contributed by atoms with Crippen LogP contribution in [0.2, 0.25) is 0 Å². The molecule has 1 aromatic carbocycles. The molecule has 0 unspecified atom stereocenters. The fraction of sp³-hybridized carbons (Fsp3) is 0.438. The smallest absolute Gasteiger partial charge is 0.243 e. The Hall–Kier alpha value is -0.800. The highest BCUT2D eigenvalue weighted by Gasteiger charge is 2.28. The summed E-state index contributed by atoms with van der Waals surface area (Å²) < 4.78 is 27.8. The molecule has 0 atom stereocenters. The first-order chi connectivity index (χ1) is 11.5. The lowest BCUT2D eigenvalue weighted by molar-refractivity contribution is 0.180. The molecule has 0 aliphatic carbocycles. The van der Waals surface area contributed by atoms with Gasteiger partial charge in [-0.1, -0.05) is 22.9 Å². The summed E-state index contributed by atoms with van der Waals surface area (Å²) >= 11 is 5.03. The molecule has 0 radical (unpaired) electrons. The minimum absolute atomic E-state index is 0.353. The average Bonchev–Trinajstić information content (AvgIpc) is 3.03. The summed E-state index contributed by atoms with van der Waals surface area (Å²) in [5, 5.41) is 3.26. The van der Waals surface area contributed by atoms with Crippen LogP contribution < -0.4 is 0 Å². The number of sulfonamides is 1. The minimum atomic E-state index is -3.40. The molecule has 0 amide bonds. The van der Waals surface area contributed by atoms with E-state index in [0.717, 1.165) is 41.2 Å². The molecule has 1 fully saturated rings. The molecule has 1 aliphatic rings. The summed E-state index contributed by atoms with van der Waals surface area (Å²) in [6.45, 7) is 5.40. The molecule has 1 saturated heterocycles. The number of rotatable bonds is 5. The van der Waals surface area contributed by atoms with E-state index in [9.17, 15) is 8.42 Å². The Morgan fingerprint density at radius 3 is 2.42 bits per heavy atom. The van der Waals surface area contributed by atoms with E-state index in [1.54, 1.807) is 39.9 Å². The summed E-state index contributed by atoms with van der Waals surface area (Å²) in [6.07, 6.45) is 0.962. The lowest BCUT2D eigenvalue weighted by Crippen LogP contribution is -2.48. The maximum atomic E-state index is 12.7. The Morgan fingerprint density at radius 2 is 1.83 bits per heavy atom. The number of halogens is 1. The lowest BCUT2D eigenvalue weighted by atomic mass is 10.3. The highest BCUT2D eigenvalue weighted by atomic mass is 79.9. The molecule has 3 rings (SSSR count). The first-order valence-electron chi connectivity index (χ1n) is 7.90. The number of nitrogens with zero attached hydrogens (tertiary/aromatic N) is 3. The van der Waals surface area contributed by atoms with E-state index >= 15 is 0 Å². The van der Waals surface area contributed by atoms with Crippen LogP contribution >= 0.6 is 27.3 Å². The Kier molecular flexibility index (Phi) is 5.71. The van der Waals surface area contributed by atoms with E-state index in [1.165, 1.54) is 0 Å². The Morgan fingerprint density at radius 1 is 1.17 bits per heavy atom. The first-order valence-corrected chi connectivity index (χ1v) is 11.0. The predicted octanol–water partition coefficient (Wildman–Crippen LogP) is 2.97. The van der Waals surface area contributed by atoms with Crippen molar-refractivity contribution in [3.8, 4) is 0 Å². The zero-order valence-corrected chi connectivity index (χ0v) is 16.7. The molecule has 24 heavy (non-hydrogen) atoms. The van der Waals surface area contributed by atoms with E-state index in [2.05, 4.69) is 38.1 Å². The van der Waals surface area contributed by atoms with Crippen molar-refractivity contribution in [3.63, 3.8) is 0 Å². The van der Waals surface area contributed by atoms with Crippen LogP contribution in [0, 0.1) is 0 Å². The van der Waals surface area contributed by atoms with Gasteiger partial charge in [-0.15, -0.1) is 11.3 Å². The van der Waals surface area contributed by atoms with Crippen LogP contribution in [0.5, 0.6) is 0 Å². The van der Waals surface area contributed by atoms with Crippen molar-refractivity contribution in [2.75, 3.05) is 26.2 Å². The van der Waals surface area contributed by atoms with Crippen molar-refractivity contribution in [1.82, 2.24) is 14.2 Å². The number of piperazine rings is 1. The number of aromatic nitrogens is 1. The van der Waals surface area contributed by atoms with Gasteiger partial charge in [0.25, 0.3) is 0 Å². The van der Waals surface area contributed by atoms with Crippen LogP contribution in [0.15, 0.2) is 39.0 Å². The van der Waals surface area contributed by atoms with Crippen LogP contribution in [0.3, 0.4) is 0 Å². The zero-order chi connectivity index (χ0) is 17.2. The molecular formula is C16H20BrN3O2S2. The van der Waals surface area contributed by atoms with E-state index in [-0.39, 0.29) is 0 Å². The van der Waals surface area contributed by atoms with Gasteiger partial charge in [0.1, 0.15) is 0 Å². The average molecular weight is 430 g/mol. The quantitative estimate of drug-likeness (QED) is 0.732. The predicted molar refractivity (Wildman–Crippen MR) is 99.7 cm³/mol. The van der Waals surface area contributed by atoms with Crippen molar-refractivity contribution in [1.29, 1.82) is 0 Å². The Balaban J connectivity index is 1.60. The normalized spacial score (nSPS) is 17.2. The van der Waals surface area contributed by atoms with Gasteiger partial charge in [-0.25, -0.2) is 13.4 Å². The summed E-state index contributed by atoms with van der Waals surface area (Å²) in [7, 11) is -3.40. The van der Waals surface area contributed by atoms with Crippen LogP contribution in [0.4, 0.5) is 0 Å². The highest BCUT2D eigenvalue weighted by Crippen LogP contribution is 2.21. The number of hydrogen-bond acceptors (Lipinski definition) is 5. The number of thiazole rings is 1. The van der Waals surface area contributed by atoms with Gasteiger partial charge in [0, 0.05) is 42.6 Å². The third kappa shape index (κ3) is 4.05. The van der Waals surface area contributed by atoms with E-state index < -0.39 is 10.0 Å². The third-order valence-corrected chi connectivity index (χ3v) is 7.55. The first kappa shape index (κ1) is 18.0. The van der Waals surface area contributed by atoms with Crippen LogP contribution in [0.25, 0.3) is 0 Å². The van der Waals surface area contributed by atoms with Crippen LogP contribution in [-0.2, 0) is 23.0 Å². The molecule has 2 heterocycles. The molecule has 0 saturated carbocycles. The second kappa shape index (κ2) is 7.61.